The Bertz CT molecular complexity index is 1200. The first-order valence-corrected chi connectivity index (χ1v) is 8.39. The number of pyridine rings is 1. The minimum absolute atomic E-state index is 0.138. The van der Waals surface area contributed by atoms with Crippen molar-refractivity contribution in [1.29, 1.82) is 0 Å². The lowest BCUT2D eigenvalue weighted by Crippen LogP contribution is -2.08. The van der Waals surface area contributed by atoms with Crippen LogP contribution in [0.4, 0.5) is 13.2 Å². The van der Waals surface area contributed by atoms with E-state index in [1.165, 1.54) is 13.2 Å². The zero-order valence-electron chi connectivity index (χ0n) is 15.3. The van der Waals surface area contributed by atoms with Gasteiger partial charge in [-0.15, -0.1) is 0 Å². The van der Waals surface area contributed by atoms with Gasteiger partial charge in [0, 0.05) is 24.1 Å². The van der Waals surface area contributed by atoms with E-state index in [9.17, 15) is 13.2 Å². The Morgan fingerprint density at radius 3 is 2.39 bits per heavy atom. The summed E-state index contributed by atoms with van der Waals surface area (Å²) in [4.78, 5) is 8.47. The number of hydrogen-bond donors (Lipinski definition) is 0. The molecule has 0 fully saturated rings. The van der Waals surface area contributed by atoms with Gasteiger partial charge in [0.15, 0.2) is 0 Å². The van der Waals surface area contributed by atoms with Crippen LogP contribution in [0.25, 0.3) is 33.3 Å². The largest absolute Gasteiger partial charge is 0.497 e. The molecule has 0 N–H and O–H groups in total. The average Bonchev–Trinajstić information content (AvgIpc) is 3.01. The first-order chi connectivity index (χ1) is 13.3. The van der Waals surface area contributed by atoms with E-state index in [1.54, 1.807) is 19.2 Å². The fourth-order valence-electron chi connectivity index (χ4n) is 3.26. The minimum atomic E-state index is -4.54. The highest BCUT2D eigenvalue weighted by Crippen LogP contribution is 2.37. The maximum atomic E-state index is 13.1. The van der Waals surface area contributed by atoms with Gasteiger partial charge in [-0.3, -0.25) is 0 Å². The molecule has 0 spiro atoms. The number of imidazole rings is 1. The third kappa shape index (κ3) is 2.81. The van der Waals surface area contributed by atoms with Gasteiger partial charge in [-0.2, -0.15) is 13.2 Å². The lowest BCUT2D eigenvalue weighted by atomic mass is 10.1. The summed E-state index contributed by atoms with van der Waals surface area (Å²) in [5.74, 6) is 1.55. The van der Waals surface area contributed by atoms with Crippen molar-refractivity contribution in [2.45, 2.75) is 6.18 Å². The molecule has 2 heterocycles. The molecular formula is C20H16F3N3O2. The van der Waals surface area contributed by atoms with Crippen LogP contribution in [0.2, 0.25) is 0 Å². The standard InChI is InChI=1S/C20H16F3N3O2/c1-26-15-7-4-11(27-2)10-14(15)24-19(26)13-5-8-16(28-3)18-12(13)6-9-17(25-18)20(21,22)23/h4-10H,1-3H3. The van der Waals surface area contributed by atoms with Crippen LogP contribution in [-0.2, 0) is 13.2 Å². The predicted octanol–water partition coefficient (Wildman–Crippen LogP) is 4.82. The Morgan fingerprint density at radius 2 is 1.71 bits per heavy atom. The molecule has 5 nitrogen and oxygen atoms in total. The highest BCUT2D eigenvalue weighted by molar-refractivity contribution is 5.98. The number of hydrogen-bond acceptors (Lipinski definition) is 4. The highest BCUT2D eigenvalue weighted by atomic mass is 19.4. The Balaban J connectivity index is 1.99. The van der Waals surface area contributed by atoms with Gasteiger partial charge in [0.2, 0.25) is 0 Å². The molecule has 8 heteroatoms. The molecule has 0 bridgehead atoms. The molecule has 0 unspecified atom stereocenters. The maximum absolute atomic E-state index is 13.1. The molecule has 0 radical (unpaired) electrons. The number of nitrogens with zero attached hydrogens (tertiary/aromatic N) is 3. The fraction of sp³-hybridized carbons (Fsp3) is 0.200. The molecule has 0 saturated heterocycles. The van der Waals surface area contributed by atoms with Crippen LogP contribution in [0.15, 0.2) is 42.5 Å². The summed E-state index contributed by atoms with van der Waals surface area (Å²) in [7, 11) is 4.83. The zero-order chi connectivity index (χ0) is 20.1. The van der Waals surface area contributed by atoms with E-state index < -0.39 is 11.9 Å². The Kier molecular flexibility index (Phi) is 4.14. The van der Waals surface area contributed by atoms with Crippen LogP contribution >= 0.6 is 0 Å². The quantitative estimate of drug-likeness (QED) is 0.506. The van der Waals surface area contributed by atoms with Gasteiger partial charge in [-0.1, -0.05) is 0 Å². The average molecular weight is 387 g/mol. The second-order valence-corrected chi connectivity index (χ2v) is 6.25. The number of rotatable bonds is 3. The summed E-state index contributed by atoms with van der Waals surface area (Å²) >= 11 is 0. The smallest absolute Gasteiger partial charge is 0.433 e. The van der Waals surface area contributed by atoms with Gasteiger partial charge in [0.05, 0.1) is 25.3 Å². The summed E-state index contributed by atoms with van der Waals surface area (Å²) in [6, 6.07) is 11.3. The summed E-state index contributed by atoms with van der Waals surface area (Å²) in [6.07, 6.45) is -4.54. The first kappa shape index (κ1) is 18.1. The second kappa shape index (κ2) is 6.40. The van der Waals surface area contributed by atoms with Gasteiger partial charge < -0.3 is 14.0 Å². The van der Waals surface area contributed by atoms with Crippen LogP contribution in [0, 0.1) is 0 Å². The number of halogens is 3. The number of benzene rings is 2. The van der Waals surface area contributed by atoms with Crippen LogP contribution in [0.3, 0.4) is 0 Å². The molecule has 4 rings (SSSR count). The number of methoxy groups -OCH3 is 2. The molecular weight excluding hydrogens is 371 g/mol. The van der Waals surface area contributed by atoms with Crippen LogP contribution in [-0.4, -0.2) is 28.8 Å². The number of aryl methyl sites for hydroxylation is 1. The van der Waals surface area contributed by atoms with E-state index in [0.717, 1.165) is 17.1 Å². The van der Waals surface area contributed by atoms with Gasteiger partial charge in [0.1, 0.15) is 28.5 Å². The van der Waals surface area contributed by atoms with Crippen molar-refractivity contribution in [3.05, 3.63) is 48.2 Å². The molecule has 144 valence electrons. The Labute approximate surface area is 158 Å². The second-order valence-electron chi connectivity index (χ2n) is 6.25. The van der Waals surface area contributed by atoms with E-state index in [-0.39, 0.29) is 11.3 Å². The van der Waals surface area contributed by atoms with Crippen molar-refractivity contribution >= 4 is 21.9 Å². The molecule has 2 aromatic carbocycles. The van der Waals surface area contributed by atoms with Crippen LogP contribution in [0.5, 0.6) is 11.5 Å². The van der Waals surface area contributed by atoms with Crippen molar-refractivity contribution in [2.24, 2.45) is 7.05 Å². The topological polar surface area (TPSA) is 49.2 Å². The lowest BCUT2D eigenvalue weighted by molar-refractivity contribution is -0.140. The van der Waals surface area contributed by atoms with Crippen molar-refractivity contribution in [2.75, 3.05) is 14.2 Å². The number of fused-ring (bicyclic) bond motifs is 2. The van der Waals surface area contributed by atoms with E-state index in [1.807, 2.05) is 29.8 Å². The van der Waals surface area contributed by atoms with E-state index >= 15 is 0 Å². The zero-order valence-corrected chi connectivity index (χ0v) is 15.3. The predicted molar refractivity (Wildman–Crippen MR) is 99.6 cm³/mol. The normalized spacial score (nSPS) is 11.9. The van der Waals surface area contributed by atoms with Gasteiger partial charge in [0.25, 0.3) is 0 Å². The molecule has 0 aliphatic heterocycles. The fourth-order valence-corrected chi connectivity index (χ4v) is 3.26. The minimum Gasteiger partial charge on any atom is -0.497 e. The third-order valence-electron chi connectivity index (χ3n) is 4.66. The van der Waals surface area contributed by atoms with E-state index in [0.29, 0.717) is 22.5 Å². The number of aromatic nitrogens is 3. The molecule has 28 heavy (non-hydrogen) atoms. The SMILES string of the molecule is COc1ccc2c(c1)nc(-c1ccc(OC)c3nc(C(F)(F)F)ccc13)n2C. The maximum Gasteiger partial charge on any atom is 0.433 e. The molecule has 0 atom stereocenters. The van der Waals surface area contributed by atoms with Gasteiger partial charge in [-0.25, -0.2) is 9.97 Å². The van der Waals surface area contributed by atoms with Gasteiger partial charge in [-0.05, 0) is 36.4 Å². The monoisotopic (exact) mass is 387 g/mol. The highest BCUT2D eigenvalue weighted by Gasteiger charge is 2.33. The van der Waals surface area contributed by atoms with Crippen LogP contribution < -0.4 is 9.47 Å². The van der Waals surface area contributed by atoms with E-state index in [4.69, 9.17) is 9.47 Å². The first-order valence-electron chi connectivity index (χ1n) is 8.39. The van der Waals surface area contributed by atoms with Crippen LogP contribution in [0.1, 0.15) is 5.69 Å². The Morgan fingerprint density at radius 1 is 0.929 bits per heavy atom. The van der Waals surface area contributed by atoms with Gasteiger partial charge >= 0.3 is 6.18 Å². The molecule has 0 aliphatic rings. The van der Waals surface area contributed by atoms with Crippen molar-refractivity contribution in [3.63, 3.8) is 0 Å². The Hall–Kier alpha value is -3.29. The number of alkyl halides is 3. The summed E-state index contributed by atoms with van der Waals surface area (Å²) in [6.45, 7) is 0. The molecule has 0 saturated carbocycles. The van der Waals surface area contributed by atoms with Crippen molar-refractivity contribution < 1.29 is 22.6 Å². The molecule has 0 aliphatic carbocycles. The summed E-state index contributed by atoms with van der Waals surface area (Å²) in [5, 5.41) is 0.526. The van der Waals surface area contributed by atoms with E-state index in [2.05, 4.69) is 9.97 Å². The molecule has 0 amide bonds. The molecule has 2 aromatic heterocycles. The molecule has 4 aromatic rings. The summed E-state index contributed by atoms with van der Waals surface area (Å²) in [5.41, 5.74) is 1.43. The van der Waals surface area contributed by atoms with Crippen molar-refractivity contribution in [1.82, 2.24) is 14.5 Å². The lowest BCUT2D eigenvalue weighted by Gasteiger charge is -2.12. The van der Waals surface area contributed by atoms with Crippen molar-refractivity contribution in [3.8, 4) is 22.9 Å². The third-order valence-corrected chi connectivity index (χ3v) is 4.66. The summed E-state index contributed by atoms with van der Waals surface area (Å²) < 4.78 is 51.7. The number of ether oxygens (including phenoxy) is 2.